The van der Waals surface area contributed by atoms with E-state index in [4.69, 9.17) is 59.4 Å². The summed E-state index contributed by atoms with van der Waals surface area (Å²) in [6, 6.07) is 30.7. The summed E-state index contributed by atoms with van der Waals surface area (Å²) < 4.78 is 69.1. The van der Waals surface area contributed by atoms with Crippen LogP contribution in [-0.4, -0.2) is 237 Å². The van der Waals surface area contributed by atoms with Gasteiger partial charge < -0.3 is 90.0 Å². The summed E-state index contributed by atoms with van der Waals surface area (Å²) in [5.41, 5.74) is 3.54. The number of hydrogen-bond donors (Lipinski definition) is 13. The van der Waals surface area contributed by atoms with E-state index in [9.17, 15) is 52.3 Å². The van der Waals surface area contributed by atoms with Crippen LogP contribution in [0.3, 0.4) is 0 Å². The van der Waals surface area contributed by atoms with Gasteiger partial charge in [-0.25, -0.2) is 31.9 Å². The average molecular weight is 2000 g/mol. The SMILES string of the molecule is CC(O)C(=O)O.CCN(CC)CCCN=c1nc(Nc2ccc(N=Nc3cc(OC)c(N=Nc4c([O-])ccc(N=Nc5cc(S(N)(=O)=O)ccc5[O-])c4[O-])cc3OC)cc2)[nH]c(=NCCCN(CC)CC)[nH]1.CCN(CC)CCCN=c1nc(Nc2ccc(N=Nc3cc(OC)c(N=Nc4cc(N=Nc5cc(S(N)(=O)=O)ccc5O)c(O)cc4O)cc3OC)cc2)[nH]c(=NCCCN(CC)CC)[nH]1.[Fe+3]. The minimum Gasteiger partial charge on any atom is -0.871 e. The molecule has 2 aromatic heterocycles. The number of H-pyrrole nitrogens is 4. The van der Waals surface area contributed by atoms with Crippen molar-refractivity contribution < 1.29 is 98.5 Å². The number of phenols is 3. The number of benzene rings is 8. The van der Waals surface area contributed by atoms with E-state index in [1.54, 1.807) is 30.3 Å². The topological polar surface area (TPSA) is 668 Å². The van der Waals surface area contributed by atoms with E-state index in [2.05, 4.69) is 177 Å². The Morgan fingerprint density at radius 1 is 0.403 bits per heavy atom. The van der Waals surface area contributed by atoms with Gasteiger partial charge in [-0.2, -0.15) is 35.5 Å². The van der Waals surface area contributed by atoms with Crippen molar-refractivity contribution in [2.45, 2.75) is 104 Å². The fourth-order valence-electron chi connectivity index (χ4n) is 12.5. The van der Waals surface area contributed by atoms with Crippen molar-refractivity contribution in [3.63, 3.8) is 0 Å². The van der Waals surface area contributed by atoms with Gasteiger partial charge in [0.25, 0.3) is 0 Å². The Morgan fingerprint density at radius 2 is 0.719 bits per heavy atom. The number of aliphatic hydroxyl groups is 1. The summed E-state index contributed by atoms with van der Waals surface area (Å²) in [4.78, 5) is 59.4. The number of aliphatic carboxylic acids is 1. The second kappa shape index (κ2) is 56.5. The normalized spacial score (nSPS) is 12.7. The fraction of sp³-hybridized carbons (Fsp3) is 0.382. The number of rotatable bonds is 47. The van der Waals surface area contributed by atoms with Gasteiger partial charge in [0.1, 0.15) is 86.2 Å². The second-order valence-corrected chi connectivity index (χ2v) is 32.8. The second-order valence-electron chi connectivity index (χ2n) is 29.7. The first kappa shape index (κ1) is 112. The molecule has 0 aliphatic carbocycles. The minimum absolute atomic E-state index is 0. The van der Waals surface area contributed by atoms with Crippen LogP contribution in [0.1, 0.15) is 88.0 Å². The third kappa shape index (κ3) is 35.7. The number of aromatic amines is 4. The number of aromatic nitrogens is 6. The van der Waals surface area contributed by atoms with Crippen LogP contribution in [0.2, 0.25) is 0 Å². The van der Waals surface area contributed by atoms with Crippen molar-refractivity contribution in [3.05, 3.63) is 156 Å². The number of primary sulfonamides is 2. The smallest absolute Gasteiger partial charge is 0.871 e. The molecule has 1 unspecified atom stereocenters. The molecule has 8 aromatic carbocycles. The summed E-state index contributed by atoms with van der Waals surface area (Å²) in [6.07, 6.45) is 2.40. The van der Waals surface area contributed by atoms with Gasteiger partial charge in [-0.05, 0) is 196 Å². The van der Waals surface area contributed by atoms with Gasteiger partial charge >= 0.3 is 23.0 Å². The molecule has 10 rings (SSSR count). The van der Waals surface area contributed by atoms with Crippen molar-refractivity contribution >= 4 is 118 Å². The Hall–Kier alpha value is -14.2. The number of nitrogens with two attached hydrogens (primary N) is 2. The number of methoxy groups -OCH3 is 4. The van der Waals surface area contributed by atoms with Crippen molar-refractivity contribution in [2.24, 2.45) is 91.6 Å². The van der Waals surface area contributed by atoms with E-state index < -0.39 is 78.0 Å². The maximum atomic E-state index is 13.2. The van der Waals surface area contributed by atoms with E-state index in [0.717, 1.165) is 170 Å². The molecule has 0 spiro atoms. The van der Waals surface area contributed by atoms with Gasteiger partial charge in [-0.3, -0.25) is 39.9 Å². The Balaban J connectivity index is 0.000000354. The maximum Gasteiger partial charge on any atom is 3.00 e. The zero-order chi connectivity index (χ0) is 100. The van der Waals surface area contributed by atoms with Crippen LogP contribution in [0.15, 0.2) is 225 Å². The fourth-order valence-corrected chi connectivity index (χ4v) is 13.5. The van der Waals surface area contributed by atoms with E-state index >= 15 is 0 Å². The molecule has 139 heavy (non-hydrogen) atoms. The third-order valence-corrected chi connectivity index (χ3v) is 22.2. The molecule has 1 atom stereocenters. The first-order valence-corrected chi connectivity index (χ1v) is 47.1. The molecule has 0 aliphatic heterocycles. The summed E-state index contributed by atoms with van der Waals surface area (Å²) in [7, 11) is -2.57. The van der Waals surface area contributed by atoms with Gasteiger partial charge in [-0.1, -0.05) is 84.8 Å². The zero-order valence-corrected chi connectivity index (χ0v) is 82.0. The molecule has 745 valence electrons. The Kier molecular flexibility index (Phi) is 45.4. The van der Waals surface area contributed by atoms with Crippen LogP contribution in [0, 0.1) is 0 Å². The molecule has 0 bridgehead atoms. The van der Waals surface area contributed by atoms with Gasteiger partial charge in [0.15, 0.2) is 0 Å². The van der Waals surface area contributed by atoms with Crippen LogP contribution in [0.25, 0.3) is 0 Å². The minimum atomic E-state index is -4.15. The van der Waals surface area contributed by atoms with Gasteiger partial charge in [0, 0.05) is 74.0 Å². The number of phenolic OH excluding ortho intramolecular Hbond substituents is 3. The molecule has 2 heterocycles. The number of aliphatic hydroxyl groups excluding tert-OH is 1. The van der Waals surface area contributed by atoms with Crippen LogP contribution >= 0.6 is 0 Å². The average Bonchev–Trinajstić information content (AvgIpc) is 0.811. The molecule has 0 aliphatic rings. The molecule has 0 fully saturated rings. The molecule has 47 nitrogen and oxygen atoms in total. The van der Waals surface area contributed by atoms with Crippen molar-refractivity contribution in [3.8, 4) is 57.5 Å². The predicted molar refractivity (Wildman–Crippen MR) is 512 cm³/mol. The van der Waals surface area contributed by atoms with E-state index in [1.165, 1.54) is 59.6 Å². The molecule has 50 heteroatoms. The standard InChI is InChI=1S/2C43H57N15O7S.C3H6O3.Fe/c1-7-57(8-2)23-11-21-45-41-48-42(46-22-12-24-58(9-3)10-4)50-43(49-41)47-28-13-15-29(16-14-28)51-54-33-26-38(65-6)34(27-37(33)64-5)55-56-39-36(60)20-18-31(40(39)61)52-53-32-25-30(66(44,62)63)17-19-35(32)59;1-7-57(8-2)21-11-19-45-41-48-42(46-20-12-22-58(9-3)10-4)50-43(49-41)47-28-13-15-29(16-14-28)51-55-34-25-40(65-6)35(26-39(34)64-5)56-54-33-24-32(37(60)27-38(33)61)53-52-31-23-30(66(44,62)63)17-18-36(31)59;1-2(4)3(5)6;/h13-20,25-27,59-61H,7-12,21-24H2,1-6H3,(H2,44,62,63)(H3,45,46,47,48,49,50);13-18,23-27,59-61H,7-12,19-22H2,1-6H3,(H2,44,62,63)(H3,45,46,47,48,49,50);2,4H,1H3,(H,5,6);/q;;;+3/p-3. The number of carboxylic acid groups (broad SMARTS) is 1. The molecule has 0 saturated heterocycles. The maximum absolute atomic E-state index is 13.2. The molecule has 10 aromatic rings. The Bertz CT molecular complexity index is 6260. The number of aromatic hydroxyl groups is 3. The zero-order valence-electron chi connectivity index (χ0n) is 79.2. The van der Waals surface area contributed by atoms with Crippen molar-refractivity contribution in [2.75, 3.05) is 144 Å². The van der Waals surface area contributed by atoms with Gasteiger partial charge in [-0.15, -0.1) is 35.8 Å². The van der Waals surface area contributed by atoms with E-state index in [-0.39, 0.29) is 89.7 Å². The summed E-state index contributed by atoms with van der Waals surface area (Å²) in [5.74, 6) is -3.07. The van der Waals surface area contributed by atoms with Crippen LogP contribution in [-0.2, 0) is 41.9 Å². The first-order chi connectivity index (χ1) is 66.2. The number of anilines is 4. The van der Waals surface area contributed by atoms with Crippen LogP contribution in [0.4, 0.5) is 91.5 Å². The summed E-state index contributed by atoms with van der Waals surface area (Å²) in [6.45, 7) is 32.7. The Morgan fingerprint density at radius 3 is 1.08 bits per heavy atom. The Labute approximate surface area is 813 Å². The third-order valence-electron chi connectivity index (χ3n) is 20.4. The molecular weight excluding hydrogens is 1880 g/mol. The number of ether oxygens (including phenoxy) is 4. The molecular formula is C89H117FeN30O17S2. The molecule has 0 saturated carbocycles. The molecule has 0 amide bonds. The number of nitrogens with one attached hydrogen (secondary N) is 6. The molecule has 15 N–H and O–H groups in total. The first-order valence-electron chi connectivity index (χ1n) is 44.0. The largest absolute Gasteiger partial charge is 3.00 e. The quantitative estimate of drug-likeness (QED) is 0.00957. The summed E-state index contributed by atoms with van der Waals surface area (Å²) >= 11 is 0. The number of carboxylic acids is 1. The van der Waals surface area contributed by atoms with Gasteiger partial charge in [0.05, 0.1) is 66.7 Å². The van der Waals surface area contributed by atoms with E-state index in [1.807, 2.05) is 24.3 Å². The van der Waals surface area contributed by atoms with E-state index in [0.29, 0.717) is 77.6 Å². The number of carbonyl (C=O) groups is 1. The number of azo groups is 6. The molecule has 1 radical (unpaired) electrons. The van der Waals surface area contributed by atoms with Crippen LogP contribution in [0.5, 0.6) is 57.5 Å². The predicted octanol–water partition coefficient (Wildman–Crippen LogP) is 13.1. The number of hydrogen-bond acceptors (Lipinski definition) is 40. The van der Waals surface area contributed by atoms with Crippen molar-refractivity contribution in [1.29, 1.82) is 0 Å². The number of nitrogens with zero attached hydrogens (tertiary/aromatic N) is 22. The number of sulfonamides is 2. The van der Waals surface area contributed by atoms with Gasteiger partial charge in [0.2, 0.25) is 54.4 Å². The van der Waals surface area contributed by atoms with Crippen LogP contribution < -0.4 is 77.7 Å². The van der Waals surface area contributed by atoms with Crippen molar-refractivity contribution in [1.82, 2.24) is 49.5 Å². The monoisotopic (exact) mass is 2000 g/mol. The summed E-state index contributed by atoms with van der Waals surface area (Å²) in [5, 5.41) is 151.